The third-order valence-electron chi connectivity index (χ3n) is 5.47. The van der Waals surface area contributed by atoms with Gasteiger partial charge in [-0.25, -0.2) is 0 Å². The molecule has 1 fully saturated rings. The Bertz CT molecular complexity index is 793. The van der Waals surface area contributed by atoms with Gasteiger partial charge in [0, 0.05) is 30.7 Å². The van der Waals surface area contributed by atoms with Crippen molar-refractivity contribution in [1.82, 2.24) is 5.32 Å². The van der Waals surface area contributed by atoms with Crippen molar-refractivity contribution in [2.45, 2.75) is 18.9 Å². The Labute approximate surface area is 171 Å². The summed E-state index contributed by atoms with van der Waals surface area (Å²) in [5.74, 6) is 3.13. The van der Waals surface area contributed by atoms with E-state index in [4.69, 9.17) is 25.8 Å². The monoisotopic (exact) mass is 402 g/mol. The molecule has 6 heteroatoms. The molecule has 0 bridgehead atoms. The number of methoxy groups -OCH3 is 1. The molecule has 5 nitrogen and oxygen atoms in total. The molecule has 28 heavy (non-hydrogen) atoms. The summed E-state index contributed by atoms with van der Waals surface area (Å²) in [6, 6.07) is 13.8. The number of hydrogen-bond acceptors (Lipinski definition) is 5. The lowest BCUT2D eigenvalue weighted by Gasteiger charge is -2.34. The highest BCUT2D eigenvalue weighted by Crippen LogP contribution is 2.34. The molecular formula is C22H27ClN2O3. The fourth-order valence-electron chi connectivity index (χ4n) is 3.91. The molecule has 0 radical (unpaired) electrons. The first-order valence-corrected chi connectivity index (χ1v) is 10.3. The van der Waals surface area contributed by atoms with Crippen LogP contribution in [0.4, 0.5) is 5.69 Å². The number of rotatable bonds is 6. The van der Waals surface area contributed by atoms with Crippen molar-refractivity contribution < 1.29 is 14.2 Å². The predicted octanol–water partition coefficient (Wildman–Crippen LogP) is 3.99. The number of nitrogens with zero attached hydrogens (tertiary/aromatic N) is 1. The lowest BCUT2D eigenvalue weighted by molar-refractivity contribution is 0.0894. The Balaban J connectivity index is 1.21. The SMILES string of the molecule is COc1ccccc1N1CCC(CNCC2COc3ccc(Cl)cc3O2)CC1. The molecule has 150 valence electrons. The van der Waals surface area contributed by atoms with Crippen LogP contribution in [0.1, 0.15) is 12.8 Å². The fourth-order valence-corrected chi connectivity index (χ4v) is 4.07. The van der Waals surface area contributed by atoms with Gasteiger partial charge >= 0.3 is 0 Å². The summed E-state index contributed by atoms with van der Waals surface area (Å²) >= 11 is 6.04. The third kappa shape index (κ3) is 4.47. The van der Waals surface area contributed by atoms with Gasteiger partial charge in [-0.15, -0.1) is 0 Å². The zero-order valence-corrected chi connectivity index (χ0v) is 17.0. The number of para-hydroxylation sites is 2. The second kappa shape index (κ2) is 8.93. The van der Waals surface area contributed by atoms with Crippen LogP contribution < -0.4 is 24.4 Å². The van der Waals surface area contributed by atoms with Crippen molar-refractivity contribution in [2.75, 3.05) is 44.8 Å². The summed E-state index contributed by atoms with van der Waals surface area (Å²) in [6.07, 6.45) is 2.36. The number of fused-ring (bicyclic) bond motifs is 1. The Hall–Kier alpha value is -2.11. The van der Waals surface area contributed by atoms with Crippen LogP contribution in [0.25, 0.3) is 0 Å². The highest BCUT2D eigenvalue weighted by atomic mass is 35.5. The third-order valence-corrected chi connectivity index (χ3v) is 5.70. The molecule has 2 aliphatic rings. The van der Waals surface area contributed by atoms with Gasteiger partial charge in [0.15, 0.2) is 11.5 Å². The van der Waals surface area contributed by atoms with Gasteiger partial charge in [-0.2, -0.15) is 0 Å². The van der Waals surface area contributed by atoms with Crippen LogP contribution in [0.15, 0.2) is 42.5 Å². The summed E-state index contributed by atoms with van der Waals surface area (Å²) in [5, 5.41) is 4.23. The van der Waals surface area contributed by atoms with Gasteiger partial charge in [-0.3, -0.25) is 0 Å². The van der Waals surface area contributed by atoms with Gasteiger partial charge in [0.25, 0.3) is 0 Å². The molecule has 0 aromatic heterocycles. The van der Waals surface area contributed by atoms with Gasteiger partial charge in [-0.05, 0) is 49.6 Å². The molecule has 4 rings (SSSR count). The molecule has 2 aromatic rings. The van der Waals surface area contributed by atoms with Crippen LogP contribution in [-0.4, -0.2) is 46.0 Å². The number of anilines is 1. The Morgan fingerprint density at radius 2 is 1.93 bits per heavy atom. The predicted molar refractivity (Wildman–Crippen MR) is 112 cm³/mol. The van der Waals surface area contributed by atoms with E-state index in [1.165, 1.54) is 18.5 Å². The van der Waals surface area contributed by atoms with Crippen molar-refractivity contribution >= 4 is 17.3 Å². The van der Waals surface area contributed by atoms with E-state index in [-0.39, 0.29) is 6.10 Å². The number of halogens is 1. The van der Waals surface area contributed by atoms with E-state index >= 15 is 0 Å². The number of piperidine rings is 1. The highest BCUT2D eigenvalue weighted by molar-refractivity contribution is 6.30. The molecule has 2 aromatic carbocycles. The zero-order valence-electron chi connectivity index (χ0n) is 16.2. The molecule has 1 atom stereocenters. The largest absolute Gasteiger partial charge is 0.495 e. The Morgan fingerprint density at radius 3 is 2.75 bits per heavy atom. The van der Waals surface area contributed by atoms with E-state index in [9.17, 15) is 0 Å². The average Bonchev–Trinajstić information content (AvgIpc) is 2.74. The summed E-state index contributed by atoms with van der Waals surface area (Å²) in [5.41, 5.74) is 1.20. The van der Waals surface area contributed by atoms with Crippen LogP contribution in [-0.2, 0) is 0 Å². The van der Waals surface area contributed by atoms with E-state index in [0.717, 1.165) is 43.4 Å². The first kappa shape index (κ1) is 19.2. The van der Waals surface area contributed by atoms with Gasteiger partial charge < -0.3 is 24.4 Å². The topological polar surface area (TPSA) is 43.0 Å². The van der Waals surface area contributed by atoms with Gasteiger partial charge in [0.2, 0.25) is 0 Å². The van der Waals surface area contributed by atoms with E-state index in [1.54, 1.807) is 7.11 Å². The molecule has 1 N–H and O–H groups in total. The molecule has 2 aliphatic heterocycles. The summed E-state index contributed by atoms with van der Waals surface area (Å²) in [6.45, 7) is 4.46. The second-order valence-corrected chi connectivity index (χ2v) is 7.84. The van der Waals surface area contributed by atoms with Crippen LogP contribution in [0.3, 0.4) is 0 Å². The molecule has 1 saturated heterocycles. The normalized spacial score (nSPS) is 19.5. The molecule has 0 aliphatic carbocycles. The highest BCUT2D eigenvalue weighted by Gasteiger charge is 2.23. The minimum absolute atomic E-state index is 0.0136. The number of nitrogens with one attached hydrogen (secondary N) is 1. The maximum absolute atomic E-state index is 6.04. The maximum atomic E-state index is 6.04. The average molecular weight is 403 g/mol. The molecule has 1 unspecified atom stereocenters. The first-order valence-electron chi connectivity index (χ1n) is 9.90. The molecule has 0 amide bonds. The van der Waals surface area contributed by atoms with Crippen molar-refractivity contribution in [3.05, 3.63) is 47.5 Å². The summed E-state index contributed by atoms with van der Waals surface area (Å²) in [4.78, 5) is 2.42. The fraction of sp³-hybridized carbons (Fsp3) is 0.455. The molecule has 2 heterocycles. The minimum Gasteiger partial charge on any atom is -0.495 e. The quantitative estimate of drug-likeness (QED) is 0.791. The van der Waals surface area contributed by atoms with Crippen molar-refractivity contribution in [3.63, 3.8) is 0 Å². The van der Waals surface area contributed by atoms with Crippen molar-refractivity contribution in [1.29, 1.82) is 0 Å². The summed E-state index contributed by atoms with van der Waals surface area (Å²) in [7, 11) is 1.74. The maximum Gasteiger partial charge on any atom is 0.163 e. The van der Waals surface area contributed by atoms with Crippen LogP contribution in [0.5, 0.6) is 17.2 Å². The Kier molecular flexibility index (Phi) is 6.13. The minimum atomic E-state index is 0.0136. The van der Waals surface area contributed by atoms with Crippen LogP contribution >= 0.6 is 11.6 Å². The van der Waals surface area contributed by atoms with Gasteiger partial charge in [-0.1, -0.05) is 23.7 Å². The van der Waals surface area contributed by atoms with E-state index < -0.39 is 0 Å². The van der Waals surface area contributed by atoms with Gasteiger partial charge in [0.1, 0.15) is 18.5 Å². The van der Waals surface area contributed by atoms with Crippen LogP contribution in [0, 0.1) is 5.92 Å². The molecule has 0 spiro atoms. The zero-order chi connectivity index (χ0) is 19.3. The lowest BCUT2D eigenvalue weighted by atomic mass is 9.96. The van der Waals surface area contributed by atoms with Crippen molar-refractivity contribution in [3.8, 4) is 17.2 Å². The van der Waals surface area contributed by atoms with E-state index in [0.29, 0.717) is 17.5 Å². The second-order valence-electron chi connectivity index (χ2n) is 7.40. The van der Waals surface area contributed by atoms with E-state index in [2.05, 4.69) is 22.3 Å². The smallest absolute Gasteiger partial charge is 0.163 e. The lowest BCUT2D eigenvalue weighted by Crippen LogP contribution is -2.42. The van der Waals surface area contributed by atoms with Gasteiger partial charge in [0.05, 0.1) is 12.8 Å². The van der Waals surface area contributed by atoms with Crippen molar-refractivity contribution in [2.24, 2.45) is 5.92 Å². The number of hydrogen-bond donors (Lipinski definition) is 1. The Morgan fingerprint density at radius 1 is 1.11 bits per heavy atom. The first-order chi connectivity index (χ1) is 13.7. The number of benzene rings is 2. The molecular weight excluding hydrogens is 376 g/mol. The standard InChI is InChI=1S/C22H27ClN2O3/c1-26-20-5-3-2-4-19(20)25-10-8-16(9-11-25)13-24-14-18-15-27-21-7-6-17(23)12-22(21)28-18/h2-7,12,16,18,24H,8-11,13-15H2,1H3. The number of ether oxygens (including phenoxy) is 3. The van der Waals surface area contributed by atoms with E-state index in [1.807, 2.05) is 30.3 Å². The summed E-state index contributed by atoms with van der Waals surface area (Å²) < 4.78 is 17.3. The van der Waals surface area contributed by atoms with Crippen LogP contribution in [0.2, 0.25) is 5.02 Å². The molecule has 0 saturated carbocycles.